The Morgan fingerprint density at radius 3 is 2.89 bits per heavy atom. The van der Waals surface area contributed by atoms with Crippen LogP contribution in [0.4, 0.5) is 10.8 Å². The number of rotatable bonds is 3. The van der Waals surface area contributed by atoms with E-state index in [0.29, 0.717) is 28.6 Å². The van der Waals surface area contributed by atoms with Gasteiger partial charge in [-0.3, -0.25) is 14.9 Å². The number of nitrogens with one attached hydrogen (secondary N) is 2. The molecule has 136 valence electrons. The molecule has 2 amide bonds. The molecule has 8 heteroatoms. The van der Waals surface area contributed by atoms with Gasteiger partial charge in [0.1, 0.15) is 5.82 Å². The molecule has 27 heavy (non-hydrogen) atoms. The van der Waals surface area contributed by atoms with E-state index in [1.807, 2.05) is 23.6 Å². The Morgan fingerprint density at radius 1 is 1.22 bits per heavy atom. The maximum atomic E-state index is 12.4. The Hall–Kier alpha value is -3.13. The quantitative estimate of drug-likeness (QED) is 0.727. The molecule has 0 aliphatic carbocycles. The van der Waals surface area contributed by atoms with Gasteiger partial charge in [-0.1, -0.05) is 6.07 Å². The number of aromatic nitrogens is 3. The van der Waals surface area contributed by atoms with Gasteiger partial charge in [0.2, 0.25) is 5.91 Å². The fraction of sp³-hybridized carbons (Fsp3) is 0.211. The molecule has 0 atom stereocenters. The molecule has 7 nitrogen and oxygen atoms in total. The Morgan fingerprint density at radius 2 is 2.07 bits per heavy atom. The maximum Gasteiger partial charge on any atom is 0.260 e. The number of thiazole rings is 1. The van der Waals surface area contributed by atoms with Gasteiger partial charge in [0.25, 0.3) is 5.91 Å². The second-order valence-corrected chi connectivity index (χ2v) is 7.19. The van der Waals surface area contributed by atoms with E-state index >= 15 is 0 Å². The van der Waals surface area contributed by atoms with Crippen molar-refractivity contribution in [2.45, 2.75) is 26.7 Å². The minimum Gasteiger partial charge on any atom is -0.326 e. The minimum absolute atomic E-state index is 0.0456. The van der Waals surface area contributed by atoms with Gasteiger partial charge in [0.05, 0.1) is 17.0 Å². The fourth-order valence-corrected chi connectivity index (χ4v) is 3.69. The highest BCUT2D eigenvalue weighted by atomic mass is 32.1. The molecule has 2 aromatic heterocycles. The van der Waals surface area contributed by atoms with Crippen LogP contribution in [0.15, 0.2) is 29.8 Å². The zero-order valence-corrected chi connectivity index (χ0v) is 15.7. The number of hydrogen-bond donors (Lipinski definition) is 2. The highest BCUT2D eigenvalue weighted by Gasteiger charge is 2.17. The molecule has 0 saturated heterocycles. The van der Waals surface area contributed by atoms with E-state index in [1.165, 1.54) is 17.5 Å². The van der Waals surface area contributed by atoms with E-state index in [1.54, 1.807) is 13.8 Å². The van der Waals surface area contributed by atoms with Gasteiger partial charge >= 0.3 is 0 Å². The SMILES string of the molecule is Cc1ncc(C(=O)Nc2nc(-c3ccc4c(c3)CCC(=O)N4)cs2)c(C)n1. The first-order chi connectivity index (χ1) is 13.0. The number of aryl methyl sites for hydroxylation is 3. The lowest BCUT2D eigenvalue weighted by molar-refractivity contribution is -0.116. The van der Waals surface area contributed by atoms with Gasteiger partial charge in [-0.05, 0) is 38.0 Å². The highest BCUT2D eigenvalue weighted by Crippen LogP contribution is 2.30. The van der Waals surface area contributed by atoms with Crippen LogP contribution in [0.25, 0.3) is 11.3 Å². The second-order valence-electron chi connectivity index (χ2n) is 6.33. The molecule has 1 aromatic carbocycles. The highest BCUT2D eigenvalue weighted by molar-refractivity contribution is 7.14. The van der Waals surface area contributed by atoms with Gasteiger partial charge in [0, 0.05) is 29.2 Å². The summed E-state index contributed by atoms with van der Waals surface area (Å²) in [6.45, 7) is 3.56. The van der Waals surface area contributed by atoms with Crippen LogP contribution in [0.2, 0.25) is 0 Å². The summed E-state index contributed by atoms with van der Waals surface area (Å²) >= 11 is 1.36. The zero-order valence-electron chi connectivity index (χ0n) is 14.9. The van der Waals surface area contributed by atoms with E-state index in [0.717, 1.165) is 28.9 Å². The molecule has 0 unspecified atom stereocenters. The van der Waals surface area contributed by atoms with E-state index in [-0.39, 0.29) is 11.8 Å². The summed E-state index contributed by atoms with van der Waals surface area (Å²) in [5.41, 5.74) is 4.76. The summed E-state index contributed by atoms with van der Waals surface area (Å²) in [5.74, 6) is 0.398. The smallest absolute Gasteiger partial charge is 0.260 e. The summed E-state index contributed by atoms with van der Waals surface area (Å²) in [4.78, 5) is 36.7. The fourth-order valence-electron chi connectivity index (χ4n) is 2.98. The average molecular weight is 379 g/mol. The predicted molar refractivity (Wildman–Crippen MR) is 104 cm³/mol. The first-order valence-corrected chi connectivity index (χ1v) is 9.38. The van der Waals surface area contributed by atoms with Gasteiger partial charge < -0.3 is 5.32 Å². The van der Waals surface area contributed by atoms with Crippen LogP contribution < -0.4 is 10.6 Å². The molecule has 0 saturated carbocycles. The summed E-state index contributed by atoms with van der Waals surface area (Å²) in [5, 5.41) is 8.09. The number of amides is 2. The van der Waals surface area contributed by atoms with E-state index < -0.39 is 0 Å². The standard InChI is InChI=1S/C19H17N5O2S/c1-10-14(8-20-11(2)21-10)18(26)24-19-23-16(9-27-19)13-3-5-15-12(7-13)4-6-17(25)22-15/h3,5,7-9H,4,6H2,1-2H3,(H,22,25)(H,23,24,26). The number of hydrogen-bond acceptors (Lipinski definition) is 6. The number of anilines is 2. The molecule has 0 fully saturated rings. The van der Waals surface area contributed by atoms with Crippen LogP contribution in [0, 0.1) is 13.8 Å². The van der Waals surface area contributed by atoms with Crippen molar-refractivity contribution in [3.8, 4) is 11.3 Å². The molecule has 0 bridgehead atoms. The lowest BCUT2D eigenvalue weighted by atomic mass is 9.99. The van der Waals surface area contributed by atoms with Crippen molar-refractivity contribution >= 4 is 34.0 Å². The second kappa shape index (κ2) is 6.88. The lowest BCUT2D eigenvalue weighted by Crippen LogP contribution is -2.18. The van der Waals surface area contributed by atoms with Crippen molar-refractivity contribution in [3.63, 3.8) is 0 Å². The molecule has 1 aliphatic rings. The zero-order chi connectivity index (χ0) is 19.0. The first kappa shape index (κ1) is 17.3. The van der Waals surface area contributed by atoms with Crippen molar-refractivity contribution in [1.82, 2.24) is 15.0 Å². The van der Waals surface area contributed by atoms with Crippen molar-refractivity contribution in [1.29, 1.82) is 0 Å². The van der Waals surface area contributed by atoms with Crippen molar-refractivity contribution < 1.29 is 9.59 Å². The van der Waals surface area contributed by atoms with Crippen LogP contribution >= 0.6 is 11.3 Å². The maximum absolute atomic E-state index is 12.4. The van der Waals surface area contributed by atoms with Crippen LogP contribution in [-0.4, -0.2) is 26.8 Å². The van der Waals surface area contributed by atoms with Crippen molar-refractivity contribution in [3.05, 3.63) is 52.4 Å². The van der Waals surface area contributed by atoms with Crippen molar-refractivity contribution in [2.24, 2.45) is 0 Å². The third kappa shape index (κ3) is 3.56. The first-order valence-electron chi connectivity index (χ1n) is 8.50. The van der Waals surface area contributed by atoms with E-state index in [4.69, 9.17) is 0 Å². The molecule has 3 heterocycles. The molecular weight excluding hydrogens is 362 g/mol. The van der Waals surface area contributed by atoms with Crippen LogP contribution in [0.1, 0.15) is 33.9 Å². The van der Waals surface area contributed by atoms with E-state index in [9.17, 15) is 9.59 Å². The number of fused-ring (bicyclic) bond motifs is 1. The Bertz CT molecular complexity index is 1060. The van der Waals surface area contributed by atoms with Crippen LogP contribution in [-0.2, 0) is 11.2 Å². The topological polar surface area (TPSA) is 96.9 Å². The molecule has 3 aromatic rings. The Balaban J connectivity index is 1.53. The Kier molecular flexibility index (Phi) is 4.41. The molecule has 2 N–H and O–H groups in total. The van der Waals surface area contributed by atoms with E-state index in [2.05, 4.69) is 25.6 Å². The number of carbonyl (C=O) groups is 2. The lowest BCUT2D eigenvalue weighted by Gasteiger charge is -2.17. The minimum atomic E-state index is -0.276. The molecule has 0 spiro atoms. The molecule has 1 aliphatic heterocycles. The molecule has 4 rings (SSSR count). The summed E-state index contributed by atoms with van der Waals surface area (Å²) in [6.07, 6.45) is 2.74. The monoisotopic (exact) mass is 379 g/mol. The van der Waals surface area contributed by atoms with Crippen LogP contribution in [0.3, 0.4) is 0 Å². The molecular formula is C19H17N5O2S. The summed E-state index contributed by atoms with van der Waals surface area (Å²) in [6, 6.07) is 5.85. The molecule has 0 radical (unpaired) electrons. The number of carbonyl (C=O) groups excluding carboxylic acids is 2. The van der Waals surface area contributed by atoms with Gasteiger partial charge in [-0.2, -0.15) is 0 Å². The summed E-state index contributed by atoms with van der Waals surface area (Å²) in [7, 11) is 0. The Labute approximate surface area is 159 Å². The largest absolute Gasteiger partial charge is 0.326 e. The normalized spacial score (nSPS) is 13.0. The van der Waals surface area contributed by atoms with Crippen molar-refractivity contribution in [2.75, 3.05) is 10.6 Å². The van der Waals surface area contributed by atoms with Gasteiger partial charge in [0.15, 0.2) is 5.13 Å². The number of nitrogens with zero attached hydrogens (tertiary/aromatic N) is 3. The predicted octanol–water partition coefficient (Wildman–Crippen LogP) is 3.35. The third-order valence-corrected chi connectivity index (χ3v) is 5.12. The number of benzene rings is 1. The summed E-state index contributed by atoms with van der Waals surface area (Å²) < 4.78 is 0. The van der Waals surface area contributed by atoms with Gasteiger partial charge in [-0.15, -0.1) is 11.3 Å². The van der Waals surface area contributed by atoms with Gasteiger partial charge in [-0.25, -0.2) is 15.0 Å². The third-order valence-electron chi connectivity index (χ3n) is 4.37. The average Bonchev–Trinajstić information content (AvgIpc) is 3.09. The van der Waals surface area contributed by atoms with Crippen LogP contribution in [0.5, 0.6) is 0 Å².